The van der Waals surface area contributed by atoms with Gasteiger partial charge in [0.25, 0.3) is 0 Å². The minimum Gasteiger partial charge on any atom is -0.508 e. The van der Waals surface area contributed by atoms with Gasteiger partial charge in [-0.25, -0.2) is 4.79 Å². The molecule has 1 atom stereocenters. The Balaban J connectivity index is 1.99. The van der Waals surface area contributed by atoms with Crippen molar-refractivity contribution in [1.29, 1.82) is 0 Å². The van der Waals surface area contributed by atoms with Gasteiger partial charge < -0.3 is 15.9 Å². The van der Waals surface area contributed by atoms with E-state index in [-0.39, 0.29) is 25.0 Å². The quantitative estimate of drug-likeness (QED) is 0.269. The van der Waals surface area contributed by atoms with Crippen molar-refractivity contribution in [1.82, 2.24) is 4.90 Å². The Bertz CT molecular complexity index is 930. The molecule has 2 aromatic rings. The second-order valence-electron chi connectivity index (χ2n) is 9.27. The second-order valence-corrected chi connectivity index (χ2v) is 9.27. The van der Waals surface area contributed by atoms with E-state index in [0.29, 0.717) is 12.0 Å². The summed E-state index contributed by atoms with van der Waals surface area (Å²) in [7, 11) is 0. The number of carbonyl (C=O) groups is 3. The number of phenolic OH excluding ortho intramolecular Hbond substituents is 1. The summed E-state index contributed by atoms with van der Waals surface area (Å²) < 4.78 is 0. The normalized spacial score (nSPS) is 11.7. The third kappa shape index (κ3) is 10.6. The molecule has 0 aliphatic carbocycles. The van der Waals surface area contributed by atoms with Crippen LogP contribution in [0.2, 0.25) is 0 Å². The molecule has 0 bridgehead atoms. The van der Waals surface area contributed by atoms with Crippen LogP contribution in [0.25, 0.3) is 0 Å². The molecule has 2 amide bonds. The van der Waals surface area contributed by atoms with E-state index >= 15 is 0 Å². The molecule has 196 valence electrons. The molecule has 36 heavy (non-hydrogen) atoms. The predicted octanol–water partition coefficient (Wildman–Crippen LogP) is 4.85. The van der Waals surface area contributed by atoms with Gasteiger partial charge in [-0.05, 0) is 42.6 Å². The molecule has 7 nitrogen and oxygen atoms in total. The number of rotatable bonds is 17. The smallest absolute Gasteiger partial charge is 0.327 e. The average molecular weight is 497 g/mol. The fourth-order valence-corrected chi connectivity index (χ4v) is 4.27. The molecular formula is C29H40N2O5. The molecule has 0 aromatic heterocycles. The number of hydrogen-bond donors (Lipinski definition) is 3. The molecule has 0 unspecified atom stereocenters. The number of carboxylic acid groups (broad SMARTS) is 1. The minimum atomic E-state index is -1.31. The monoisotopic (exact) mass is 496 g/mol. The first-order chi connectivity index (χ1) is 17.4. The second kappa shape index (κ2) is 16.5. The SMILES string of the molecule is NCCCCCCCCCCCC(=O)N(C(=O)Cc1ccccc1)[C@@H](Cc1ccc(O)cc1)C(=O)O. The van der Waals surface area contributed by atoms with Crippen LogP contribution >= 0.6 is 0 Å². The molecule has 0 radical (unpaired) electrons. The van der Waals surface area contributed by atoms with Gasteiger partial charge in [-0.3, -0.25) is 14.5 Å². The van der Waals surface area contributed by atoms with E-state index in [1.54, 1.807) is 36.4 Å². The standard InChI is InChI=1S/C29H40N2O5/c30-20-12-7-5-3-1-2-4-6-11-15-27(33)31(28(34)22-23-13-9-8-10-14-23)26(29(35)36)21-24-16-18-25(32)19-17-24/h8-10,13-14,16-19,26,32H,1-7,11-12,15,20-22,30H2,(H,35,36)/t26-/m0/s1. The van der Waals surface area contributed by atoms with Crippen LogP contribution in [0.15, 0.2) is 54.6 Å². The molecule has 0 spiro atoms. The van der Waals surface area contributed by atoms with E-state index in [9.17, 15) is 24.6 Å². The summed E-state index contributed by atoms with van der Waals surface area (Å²) >= 11 is 0. The Morgan fingerprint density at radius 1 is 0.722 bits per heavy atom. The lowest BCUT2D eigenvalue weighted by Crippen LogP contribution is -2.50. The van der Waals surface area contributed by atoms with Crippen LogP contribution in [0.1, 0.15) is 75.3 Å². The van der Waals surface area contributed by atoms with Gasteiger partial charge in [-0.1, -0.05) is 87.4 Å². The number of imide groups is 1. The third-order valence-corrected chi connectivity index (χ3v) is 6.29. The van der Waals surface area contributed by atoms with Gasteiger partial charge in [-0.2, -0.15) is 0 Å². The number of hydrogen-bond acceptors (Lipinski definition) is 5. The molecule has 0 aliphatic rings. The number of unbranched alkanes of at least 4 members (excludes halogenated alkanes) is 8. The fourth-order valence-electron chi connectivity index (χ4n) is 4.27. The lowest BCUT2D eigenvalue weighted by Gasteiger charge is -2.28. The van der Waals surface area contributed by atoms with E-state index in [2.05, 4.69) is 0 Å². The molecule has 0 saturated carbocycles. The molecule has 2 rings (SSSR count). The van der Waals surface area contributed by atoms with Gasteiger partial charge in [0.2, 0.25) is 11.8 Å². The Morgan fingerprint density at radius 2 is 1.28 bits per heavy atom. The van der Waals surface area contributed by atoms with Crippen LogP contribution in [0, 0.1) is 0 Å². The minimum absolute atomic E-state index is 0.0218. The van der Waals surface area contributed by atoms with E-state index in [1.165, 1.54) is 31.4 Å². The molecule has 0 heterocycles. The van der Waals surface area contributed by atoms with Gasteiger partial charge in [0, 0.05) is 12.8 Å². The lowest BCUT2D eigenvalue weighted by atomic mass is 10.0. The zero-order chi connectivity index (χ0) is 26.2. The summed E-state index contributed by atoms with van der Waals surface area (Å²) in [6.07, 6.45) is 9.47. The molecule has 0 saturated heterocycles. The van der Waals surface area contributed by atoms with Crippen LogP contribution in [-0.2, 0) is 27.2 Å². The molecular weight excluding hydrogens is 456 g/mol. The highest BCUT2D eigenvalue weighted by Crippen LogP contribution is 2.18. The topological polar surface area (TPSA) is 121 Å². The first kappa shape index (κ1) is 29.0. The van der Waals surface area contributed by atoms with E-state index < -0.39 is 23.8 Å². The van der Waals surface area contributed by atoms with E-state index in [1.807, 2.05) is 6.07 Å². The third-order valence-electron chi connectivity index (χ3n) is 6.29. The van der Waals surface area contributed by atoms with Crippen LogP contribution in [0.5, 0.6) is 5.75 Å². The van der Waals surface area contributed by atoms with Gasteiger partial charge in [0.05, 0.1) is 6.42 Å². The fraction of sp³-hybridized carbons (Fsp3) is 0.483. The number of amides is 2. The number of aromatic hydroxyl groups is 1. The first-order valence-corrected chi connectivity index (χ1v) is 13.0. The van der Waals surface area contributed by atoms with Crippen molar-refractivity contribution < 1.29 is 24.6 Å². The number of aliphatic carboxylic acids is 1. The summed E-state index contributed by atoms with van der Waals surface area (Å²) in [5, 5.41) is 19.5. The van der Waals surface area contributed by atoms with Crippen molar-refractivity contribution in [2.45, 2.75) is 83.1 Å². The van der Waals surface area contributed by atoms with Crippen LogP contribution < -0.4 is 5.73 Å². The summed E-state index contributed by atoms with van der Waals surface area (Å²) in [5.74, 6) is -2.14. The number of carboxylic acids is 1. The molecule has 4 N–H and O–H groups in total. The molecule has 0 aliphatic heterocycles. The van der Waals surface area contributed by atoms with Crippen molar-refractivity contribution in [3.63, 3.8) is 0 Å². The van der Waals surface area contributed by atoms with Crippen LogP contribution in [0.3, 0.4) is 0 Å². The summed E-state index contributed by atoms with van der Waals surface area (Å²) in [6.45, 7) is 0.747. The van der Waals surface area contributed by atoms with Gasteiger partial charge in [-0.15, -0.1) is 0 Å². The van der Waals surface area contributed by atoms with Crippen LogP contribution in [0.4, 0.5) is 0 Å². The van der Waals surface area contributed by atoms with Gasteiger partial charge in [0.1, 0.15) is 11.8 Å². The zero-order valence-electron chi connectivity index (χ0n) is 21.1. The zero-order valence-corrected chi connectivity index (χ0v) is 21.1. The van der Waals surface area contributed by atoms with Crippen LogP contribution in [-0.4, -0.2) is 45.5 Å². The highest BCUT2D eigenvalue weighted by molar-refractivity contribution is 6.00. The Morgan fingerprint density at radius 3 is 1.83 bits per heavy atom. The predicted molar refractivity (Wildman–Crippen MR) is 140 cm³/mol. The number of carbonyl (C=O) groups excluding carboxylic acids is 2. The summed E-state index contributed by atoms with van der Waals surface area (Å²) in [4.78, 5) is 39.6. The van der Waals surface area contributed by atoms with E-state index in [4.69, 9.17) is 5.73 Å². The maximum Gasteiger partial charge on any atom is 0.327 e. The molecule has 7 heteroatoms. The van der Waals surface area contributed by atoms with Crippen molar-refractivity contribution in [2.24, 2.45) is 5.73 Å². The molecule has 2 aromatic carbocycles. The van der Waals surface area contributed by atoms with Crippen molar-refractivity contribution in [2.75, 3.05) is 6.54 Å². The first-order valence-electron chi connectivity index (χ1n) is 13.0. The summed E-state index contributed by atoms with van der Waals surface area (Å²) in [5.41, 5.74) is 6.86. The van der Waals surface area contributed by atoms with E-state index in [0.717, 1.165) is 49.1 Å². The lowest BCUT2D eigenvalue weighted by molar-refractivity contribution is -0.158. The van der Waals surface area contributed by atoms with Gasteiger partial charge in [0.15, 0.2) is 0 Å². The van der Waals surface area contributed by atoms with Crippen molar-refractivity contribution >= 4 is 17.8 Å². The Kier molecular flexibility index (Phi) is 13.3. The maximum atomic E-state index is 13.2. The highest BCUT2D eigenvalue weighted by atomic mass is 16.4. The number of nitrogens with two attached hydrogens (primary N) is 1. The van der Waals surface area contributed by atoms with Crippen molar-refractivity contribution in [3.8, 4) is 5.75 Å². The maximum absolute atomic E-state index is 13.2. The van der Waals surface area contributed by atoms with Crippen molar-refractivity contribution in [3.05, 3.63) is 65.7 Å². The number of benzene rings is 2. The number of phenols is 1. The molecule has 0 fully saturated rings. The largest absolute Gasteiger partial charge is 0.508 e. The Labute approximate surface area is 214 Å². The average Bonchev–Trinajstić information content (AvgIpc) is 2.86. The Hall–Kier alpha value is -3.19. The van der Waals surface area contributed by atoms with Gasteiger partial charge >= 0.3 is 5.97 Å². The highest BCUT2D eigenvalue weighted by Gasteiger charge is 2.34. The number of nitrogens with zero attached hydrogens (tertiary/aromatic N) is 1. The summed E-state index contributed by atoms with van der Waals surface area (Å²) in [6, 6.07) is 13.8.